The molecule has 1 fully saturated rings. The Hall–Kier alpha value is -2.77. The average Bonchev–Trinajstić information content (AvgIpc) is 2.88. The summed E-state index contributed by atoms with van der Waals surface area (Å²) in [6.07, 6.45) is 1.97. The minimum atomic E-state index is -0.878. The maximum absolute atomic E-state index is 13.6. The van der Waals surface area contributed by atoms with E-state index < -0.39 is 22.8 Å². The van der Waals surface area contributed by atoms with Gasteiger partial charge in [-0.1, -0.05) is 32.6 Å². The highest BCUT2D eigenvalue weighted by molar-refractivity contribution is 5.99. The second-order valence-corrected chi connectivity index (χ2v) is 11.5. The number of likely N-dealkylation sites (N-methyl/N-ethyl adjacent to an activating group) is 1. The molecule has 1 saturated heterocycles. The van der Waals surface area contributed by atoms with Crippen LogP contribution in [0.25, 0.3) is 0 Å². The molecule has 1 atom stereocenters. The molecule has 1 N–H and O–H groups in total. The van der Waals surface area contributed by atoms with E-state index in [0.29, 0.717) is 17.0 Å². The molecule has 2 aliphatic heterocycles. The normalized spacial score (nSPS) is 19.3. The summed E-state index contributed by atoms with van der Waals surface area (Å²) in [7, 11) is 3.51. The Morgan fingerprint density at radius 2 is 1.80 bits per heavy atom. The van der Waals surface area contributed by atoms with Crippen LogP contribution in [0.5, 0.6) is 0 Å². The van der Waals surface area contributed by atoms with Crippen LogP contribution in [-0.2, 0) is 19.1 Å². The first kappa shape index (κ1) is 33.4. The van der Waals surface area contributed by atoms with Crippen molar-refractivity contribution in [2.75, 3.05) is 60.0 Å². The predicted molar refractivity (Wildman–Crippen MR) is 149 cm³/mol. The highest BCUT2D eigenvalue weighted by atomic mass is 127. The Morgan fingerprint density at radius 1 is 1.20 bits per heavy atom. The van der Waals surface area contributed by atoms with Gasteiger partial charge in [0.25, 0.3) is 5.69 Å². The van der Waals surface area contributed by atoms with E-state index in [0.717, 1.165) is 43.8 Å². The summed E-state index contributed by atoms with van der Waals surface area (Å²) in [5, 5.41) is 14.6. The summed E-state index contributed by atoms with van der Waals surface area (Å²) in [6.45, 7) is 17.3. The van der Waals surface area contributed by atoms with Gasteiger partial charge in [-0.2, -0.15) is 0 Å². The molecule has 220 valence electrons. The smallest absolute Gasteiger partial charge is 0.336 e. The van der Waals surface area contributed by atoms with Crippen molar-refractivity contribution >= 4 is 17.6 Å². The number of nitrogens with one attached hydrogen (secondary N) is 1. The zero-order chi connectivity index (χ0) is 29.0. The number of dihydropyridines is 1. The zero-order valence-electron chi connectivity index (χ0n) is 24.3. The zero-order valence-corrected chi connectivity index (χ0v) is 26.4. The van der Waals surface area contributed by atoms with Crippen LogP contribution in [0.1, 0.15) is 39.2 Å². The molecule has 3 rings (SSSR count). The van der Waals surface area contributed by atoms with Crippen LogP contribution in [0.2, 0.25) is 0 Å². The van der Waals surface area contributed by atoms with Gasteiger partial charge in [0.1, 0.15) is 0 Å². The third kappa shape index (κ3) is 7.91. The van der Waals surface area contributed by atoms with Crippen LogP contribution >= 0.6 is 0 Å². The van der Waals surface area contributed by atoms with Gasteiger partial charge >= 0.3 is 11.9 Å². The van der Waals surface area contributed by atoms with Crippen molar-refractivity contribution in [2.24, 2.45) is 5.41 Å². The average molecular weight is 669 g/mol. The predicted octanol–water partition coefficient (Wildman–Crippen LogP) is 0.524. The highest BCUT2D eigenvalue weighted by Crippen LogP contribution is 2.40. The lowest BCUT2D eigenvalue weighted by molar-refractivity contribution is -0.908. The summed E-state index contributed by atoms with van der Waals surface area (Å²) in [5.74, 6) is -2.08. The van der Waals surface area contributed by atoms with E-state index in [4.69, 9.17) is 9.47 Å². The minimum Gasteiger partial charge on any atom is -1.00 e. The molecule has 40 heavy (non-hydrogen) atoms. The van der Waals surface area contributed by atoms with E-state index >= 15 is 0 Å². The topological polar surface area (TPSA) is 111 Å². The van der Waals surface area contributed by atoms with Crippen molar-refractivity contribution in [3.8, 4) is 0 Å². The number of ether oxygens (including phenoxy) is 2. The van der Waals surface area contributed by atoms with Crippen molar-refractivity contribution in [3.63, 3.8) is 0 Å². The number of nitro groups is 1. The second-order valence-electron chi connectivity index (χ2n) is 11.5. The molecular formula is C29H41IN4O6. The third-order valence-corrected chi connectivity index (χ3v) is 7.53. The van der Waals surface area contributed by atoms with Crippen LogP contribution in [0.15, 0.2) is 59.5 Å². The Kier molecular flexibility index (Phi) is 11.5. The summed E-state index contributed by atoms with van der Waals surface area (Å²) in [6, 6.07) is 5.96. The number of nitro benzene ring substituents is 1. The van der Waals surface area contributed by atoms with Crippen LogP contribution in [0.3, 0.4) is 0 Å². The SMILES string of the molecule is C=CC[N+]1(C)CCN(CC(C)(C)COC(=O)C2=C(C)NC(C)=C(C(=O)OC)C2c2cccc([N+](=O)[O-])c2)CC1.[I-]. The molecule has 0 spiro atoms. The quantitative estimate of drug-likeness (QED) is 0.0961. The van der Waals surface area contributed by atoms with Gasteiger partial charge in [0.05, 0.1) is 62.4 Å². The van der Waals surface area contributed by atoms with Crippen LogP contribution in [0, 0.1) is 15.5 Å². The number of allylic oxidation sites excluding steroid dienone is 2. The van der Waals surface area contributed by atoms with Crippen molar-refractivity contribution in [1.29, 1.82) is 0 Å². The minimum absolute atomic E-state index is 0. The van der Waals surface area contributed by atoms with E-state index in [1.807, 2.05) is 6.08 Å². The van der Waals surface area contributed by atoms with Crippen molar-refractivity contribution in [1.82, 2.24) is 10.2 Å². The fourth-order valence-electron chi connectivity index (χ4n) is 5.43. The van der Waals surface area contributed by atoms with Crippen molar-refractivity contribution < 1.29 is 52.4 Å². The molecule has 2 aliphatic rings. The highest BCUT2D eigenvalue weighted by Gasteiger charge is 2.39. The van der Waals surface area contributed by atoms with Gasteiger partial charge in [0.2, 0.25) is 0 Å². The molecule has 0 aromatic heterocycles. The molecular weight excluding hydrogens is 627 g/mol. The van der Waals surface area contributed by atoms with Gasteiger partial charge in [-0.05, 0) is 25.5 Å². The Labute approximate surface area is 253 Å². The number of carbonyl (C=O) groups excluding carboxylic acids is 2. The summed E-state index contributed by atoms with van der Waals surface area (Å²) < 4.78 is 11.9. The van der Waals surface area contributed by atoms with Crippen molar-refractivity contribution in [2.45, 2.75) is 33.6 Å². The van der Waals surface area contributed by atoms with Gasteiger partial charge < -0.3 is 43.3 Å². The van der Waals surface area contributed by atoms with E-state index in [9.17, 15) is 19.7 Å². The van der Waals surface area contributed by atoms with Crippen LogP contribution in [-0.4, -0.2) is 86.3 Å². The lowest BCUT2D eigenvalue weighted by Gasteiger charge is -2.43. The van der Waals surface area contributed by atoms with Gasteiger partial charge in [-0.25, -0.2) is 9.59 Å². The molecule has 1 aromatic rings. The largest absolute Gasteiger partial charge is 1.00 e. The number of benzene rings is 1. The third-order valence-electron chi connectivity index (χ3n) is 7.53. The summed E-state index contributed by atoms with van der Waals surface area (Å²) in [5.41, 5.74) is 1.46. The number of esters is 2. The Bertz CT molecular complexity index is 1200. The van der Waals surface area contributed by atoms with Crippen molar-refractivity contribution in [3.05, 3.63) is 75.1 Å². The van der Waals surface area contributed by atoms with Gasteiger partial charge in [0, 0.05) is 48.6 Å². The maximum Gasteiger partial charge on any atom is 0.336 e. The lowest BCUT2D eigenvalue weighted by atomic mass is 9.80. The van der Waals surface area contributed by atoms with Crippen LogP contribution < -0.4 is 29.3 Å². The van der Waals surface area contributed by atoms with E-state index in [1.165, 1.54) is 19.2 Å². The first-order chi connectivity index (χ1) is 18.3. The number of carbonyl (C=O) groups is 2. The fourth-order valence-corrected chi connectivity index (χ4v) is 5.43. The number of hydrogen-bond acceptors (Lipinski definition) is 8. The molecule has 0 aliphatic carbocycles. The first-order valence-corrected chi connectivity index (χ1v) is 13.2. The number of hydrogen-bond donors (Lipinski definition) is 1. The summed E-state index contributed by atoms with van der Waals surface area (Å²) >= 11 is 0. The molecule has 0 amide bonds. The van der Waals surface area contributed by atoms with Crippen LogP contribution in [0.4, 0.5) is 5.69 Å². The van der Waals surface area contributed by atoms with E-state index in [1.54, 1.807) is 26.0 Å². The Balaban J connectivity index is 0.00000560. The number of nitrogens with zero attached hydrogens (tertiary/aromatic N) is 3. The number of non-ortho nitro benzene ring substituents is 1. The fraction of sp³-hybridized carbons (Fsp3) is 0.517. The number of piperazine rings is 1. The Morgan fingerprint density at radius 3 is 2.35 bits per heavy atom. The van der Waals surface area contributed by atoms with E-state index in [-0.39, 0.29) is 52.8 Å². The maximum atomic E-state index is 13.6. The molecule has 11 heteroatoms. The van der Waals surface area contributed by atoms with Gasteiger partial charge in [-0.3, -0.25) is 15.0 Å². The molecule has 10 nitrogen and oxygen atoms in total. The second kappa shape index (κ2) is 13.7. The van der Waals surface area contributed by atoms with Gasteiger partial charge in [-0.15, -0.1) is 0 Å². The van der Waals surface area contributed by atoms with E-state index in [2.05, 4.69) is 37.7 Å². The number of halogens is 1. The monoisotopic (exact) mass is 668 g/mol. The first-order valence-electron chi connectivity index (χ1n) is 13.2. The molecule has 0 radical (unpaired) electrons. The molecule has 1 aromatic carbocycles. The number of methoxy groups -OCH3 is 1. The molecule has 1 unspecified atom stereocenters. The standard InChI is InChI=1S/C29H40N4O6.HI/c1-8-14-33(6)15-12-31(13-16-33)18-29(4,5)19-39-28(35)25-21(3)30-20(2)24(27(34)38-7)26(25)22-10-9-11-23(17-22)32(36)37;/h8-11,17,26H,1,12-16,18-19H2,2-7H3;1H. The lowest BCUT2D eigenvalue weighted by Crippen LogP contribution is -3.00. The molecule has 0 saturated carbocycles. The number of quaternary nitrogens is 1. The molecule has 2 heterocycles. The number of rotatable bonds is 10. The van der Waals surface area contributed by atoms with Gasteiger partial charge in [0.15, 0.2) is 0 Å². The summed E-state index contributed by atoms with van der Waals surface area (Å²) in [4.78, 5) is 39.8. The molecule has 0 bridgehead atoms.